The number of benzene rings is 1. The highest BCUT2D eigenvalue weighted by Gasteiger charge is 2.08. The molecule has 0 aliphatic heterocycles. The van der Waals surface area contributed by atoms with Crippen molar-refractivity contribution >= 4 is 40.0 Å². The molecule has 146 valence electrons. The zero-order valence-corrected chi connectivity index (χ0v) is 17.7. The van der Waals surface area contributed by atoms with Crippen molar-refractivity contribution < 1.29 is 4.79 Å². The Hall–Kier alpha value is -2.42. The van der Waals surface area contributed by atoms with Gasteiger partial charge < -0.3 is 15.5 Å². The first kappa shape index (κ1) is 20.3. The minimum atomic E-state index is -0.0551. The number of aromatic nitrogens is 2. The van der Waals surface area contributed by atoms with Crippen LogP contribution in [0.2, 0.25) is 0 Å². The molecule has 0 bridgehead atoms. The summed E-state index contributed by atoms with van der Waals surface area (Å²) in [5.41, 5.74) is 1.65. The Morgan fingerprint density at radius 1 is 1.21 bits per heavy atom. The molecule has 6 nitrogen and oxygen atoms in total. The fourth-order valence-electron chi connectivity index (χ4n) is 2.40. The van der Waals surface area contributed by atoms with Crippen molar-refractivity contribution in [3.8, 4) is 0 Å². The summed E-state index contributed by atoms with van der Waals surface area (Å²) in [5, 5.41) is 8.99. The summed E-state index contributed by atoms with van der Waals surface area (Å²) in [5.74, 6) is 0.692. The smallest absolute Gasteiger partial charge is 0.251 e. The maximum Gasteiger partial charge on any atom is 0.251 e. The third-order valence-corrected chi connectivity index (χ3v) is 5.62. The normalized spacial score (nSPS) is 10.9. The van der Waals surface area contributed by atoms with E-state index in [0.717, 1.165) is 33.0 Å². The maximum absolute atomic E-state index is 12.3. The Labute approximate surface area is 173 Å². The van der Waals surface area contributed by atoms with Gasteiger partial charge in [-0.1, -0.05) is 17.8 Å². The van der Waals surface area contributed by atoms with Crippen LogP contribution in [0.3, 0.4) is 0 Å². The van der Waals surface area contributed by atoms with Gasteiger partial charge in [-0.2, -0.15) is 0 Å². The number of anilines is 2. The number of likely N-dealkylation sites (N-methyl/N-ethyl adjacent to an activating group) is 1. The van der Waals surface area contributed by atoms with Gasteiger partial charge in [0.2, 0.25) is 0 Å². The van der Waals surface area contributed by atoms with Crippen LogP contribution >= 0.6 is 23.1 Å². The molecular weight excluding hydrogens is 390 g/mol. The zero-order valence-electron chi connectivity index (χ0n) is 16.1. The van der Waals surface area contributed by atoms with Crippen molar-refractivity contribution in [1.29, 1.82) is 0 Å². The molecule has 0 unspecified atom stereocenters. The van der Waals surface area contributed by atoms with Gasteiger partial charge in [0.25, 0.3) is 5.91 Å². The number of rotatable bonds is 8. The number of carbonyl (C=O) groups excluding carboxylic acids is 1. The third-order valence-electron chi connectivity index (χ3n) is 3.76. The minimum absolute atomic E-state index is 0.0551. The van der Waals surface area contributed by atoms with Gasteiger partial charge >= 0.3 is 0 Å². The van der Waals surface area contributed by atoms with Crippen molar-refractivity contribution in [2.45, 2.75) is 16.7 Å². The quantitative estimate of drug-likeness (QED) is 0.581. The summed E-state index contributed by atoms with van der Waals surface area (Å²) in [6.45, 7) is 3.40. The van der Waals surface area contributed by atoms with E-state index in [0.29, 0.717) is 12.1 Å². The molecule has 0 spiro atoms. The van der Waals surface area contributed by atoms with E-state index in [4.69, 9.17) is 0 Å². The van der Waals surface area contributed by atoms with E-state index >= 15 is 0 Å². The number of hydrogen-bond donors (Lipinski definition) is 2. The van der Waals surface area contributed by atoms with E-state index in [1.165, 1.54) is 0 Å². The second-order valence-electron chi connectivity index (χ2n) is 6.48. The molecule has 2 N–H and O–H groups in total. The van der Waals surface area contributed by atoms with Gasteiger partial charge in [-0.3, -0.25) is 4.79 Å². The first-order valence-electron chi connectivity index (χ1n) is 8.85. The number of thiazole rings is 1. The Kier molecular flexibility index (Phi) is 7.02. The highest BCUT2D eigenvalue weighted by atomic mass is 32.2. The van der Waals surface area contributed by atoms with Crippen molar-refractivity contribution in [2.75, 3.05) is 32.5 Å². The van der Waals surface area contributed by atoms with E-state index in [1.807, 2.05) is 67.7 Å². The van der Waals surface area contributed by atoms with Crippen LogP contribution in [0.1, 0.15) is 16.1 Å². The first-order chi connectivity index (χ1) is 13.5. The Bertz CT molecular complexity index is 942. The molecule has 0 saturated carbocycles. The monoisotopic (exact) mass is 413 g/mol. The summed E-state index contributed by atoms with van der Waals surface area (Å²) in [6, 6.07) is 11.6. The van der Waals surface area contributed by atoms with Gasteiger partial charge in [0.05, 0.1) is 5.69 Å². The maximum atomic E-state index is 12.3. The summed E-state index contributed by atoms with van der Waals surface area (Å²) < 4.78 is 0. The fourth-order valence-corrected chi connectivity index (χ4v) is 4.00. The molecule has 0 radical (unpaired) electrons. The second-order valence-corrected chi connectivity index (χ2v) is 8.49. The van der Waals surface area contributed by atoms with Gasteiger partial charge in [0.15, 0.2) is 5.13 Å². The lowest BCUT2D eigenvalue weighted by Crippen LogP contribution is -2.31. The molecule has 2 heterocycles. The first-order valence-corrected chi connectivity index (χ1v) is 10.6. The van der Waals surface area contributed by atoms with Gasteiger partial charge in [0, 0.05) is 40.0 Å². The summed E-state index contributed by atoms with van der Waals surface area (Å²) in [6.07, 6.45) is 1.77. The van der Waals surface area contributed by atoms with Crippen LogP contribution in [0.4, 0.5) is 10.9 Å². The highest BCUT2D eigenvalue weighted by Crippen LogP contribution is 2.30. The molecule has 1 aromatic carbocycles. The lowest BCUT2D eigenvalue weighted by atomic mass is 10.2. The van der Waals surface area contributed by atoms with Crippen molar-refractivity contribution in [3.63, 3.8) is 0 Å². The third kappa shape index (κ3) is 6.05. The molecule has 28 heavy (non-hydrogen) atoms. The minimum Gasteiger partial charge on any atom is -0.351 e. The summed E-state index contributed by atoms with van der Waals surface area (Å²) >= 11 is 3.14. The molecule has 1 amide bonds. The molecule has 0 saturated heterocycles. The molecule has 0 atom stereocenters. The average molecular weight is 414 g/mol. The van der Waals surface area contributed by atoms with Crippen LogP contribution in [0, 0.1) is 6.92 Å². The molecule has 0 aliphatic carbocycles. The SMILES string of the molecule is Cc1csc(Nc2cc(Sc3cccc(C(=O)NCCN(C)C)c3)ccn2)n1. The number of nitrogens with one attached hydrogen (secondary N) is 2. The van der Waals surface area contributed by atoms with Crippen molar-refractivity contribution in [2.24, 2.45) is 0 Å². The largest absolute Gasteiger partial charge is 0.351 e. The van der Waals surface area contributed by atoms with Crippen LogP contribution in [-0.4, -0.2) is 48.0 Å². The Morgan fingerprint density at radius 2 is 2.04 bits per heavy atom. The van der Waals surface area contributed by atoms with E-state index < -0.39 is 0 Å². The number of nitrogens with zero attached hydrogens (tertiary/aromatic N) is 3. The Morgan fingerprint density at radius 3 is 2.79 bits per heavy atom. The van der Waals surface area contributed by atoms with Gasteiger partial charge in [-0.25, -0.2) is 9.97 Å². The Balaban J connectivity index is 1.65. The van der Waals surface area contributed by atoms with E-state index in [9.17, 15) is 4.79 Å². The fraction of sp³-hybridized carbons (Fsp3) is 0.250. The molecule has 3 rings (SSSR count). The topological polar surface area (TPSA) is 70.2 Å². The van der Waals surface area contributed by atoms with Gasteiger partial charge in [-0.05, 0) is 51.4 Å². The lowest BCUT2D eigenvalue weighted by Gasteiger charge is -2.11. The van der Waals surface area contributed by atoms with Crippen LogP contribution in [0.25, 0.3) is 0 Å². The number of amides is 1. The van der Waals surface area contributed by atoms with E-state index in [1.54, 1.807) is 29.3 Å². The standard InChI is InChI=1S/C20H23N5OS2/c1-14-13-27-20(23-14)24-18-12-17(7-8-21-18)28-16-6-4-5-15(11-16)19(26)22-9-10-25(2)3/h4-8,11-13H,9-10H2,1-3H3,(H,22,26)(H,21,23,24). The highest BCUT2D eigenvalue weighted by molar-refractivity contribution is 7.99. The molecule has 3 aromatic rings. The number of pyridine rings is 1. The molecule has 8 heteroatoms. The van der Waals surface area contributed by atoms with Crippen molar-refractivity contribution in [1.82, 2.24) is 20.2 Å². The van der Waals surface area contributed by atoms with Crippen LogP contribution < -0.4 is 10.6 Å². The molecular formula is C20H23N5OS2. The van der Waals surface area contributed by atoms with Crippen LogP contribution in [-0.2, 0) is 0 Å². The number of carbonyl (C=O) groups is 1. The van der Waals surface area contributed by atoms with Gasteiger partial charge in [0.1, 0.15) is 5.82 Å². The second kappa shape index (κ2) is 9.68. The predicted molar refractivity (Wildman–Crippen MR) is 116 cm³/mol. The van der Waals surface area contributed by atoms with E-state index in [-0.39, 0.29) is 5.91 Å². The number of hydrogen-bond acceptors (Lipinski definition) is 7. The predicted octanol–water partition coefficient (Wildman–Crippen LogP) is 4.03. The average Bonchev–Trinajstić information content (AvgIpc) is 3.06. The molecule has 2 aromatic heterocycles. The lowest BCUT2D eigenvalue weighted by molar-refractivity contribution is 0.0951. The van der Waals surface area contributed by atoms with Crippen LogP contribution in [0.5, 0.6) is 0 Å². The van der Waals surface area contributed by atoms with Gasteiger partial charge in [-0.15, -0.1) is 11.3 Å². The van der Waals surface area contributed by atoms with Crippen molar-refractivity contribution in [3.05, 3.63) is 59.2 Å². The molecule has 0 fully saturated rings. The summed E-state index contributed by atoms with van der Waals surface area (Å²) in [7, 11) is 3.97. The van der Waals surface area contributed by atoms with Crippen LogP contribution in [0.15, 0.2) is 57.8 Å². The molecule has 0 aliphatic rings. The zero-order chi connectivity index (χ0) is 19.9. The summed E-state index contributed by atoms with van der Waals surface area (Å²) in [4.78, 5) is 25.2. The number of aryl methyl sites for hydroxylation is 1. The van der Waals surface area contributed by atoms with E-state index in [2.05, 4.69) is 20.6 Å².